The molecule has 1 N–H and O–H groups in total. The van der Waals surface area contributed by atoms with Crippen LogP contribution in [-0.4, -0.2) is 24.3 Å². The van der Waals surface area contributed by atoms with Gasteiger partial charge in [-0.2, -0.15) is 0 Å². The fourth-order valence-corrected chi connectivity index (χ4v) is 2.54. The third-order valence-electron chi connectivity index (χ3n) is 3.79. The molecule has 1 aromatic carbocycles. The van der Waals surface area contributed by atoms with Crippen LogP contribution < -0.4 is 10.1 Å². The molecule has 0 heterocycles. The van der Waals surface area contributed by atoms with Gasteiger partial charge in [-0.3, -0.25) is 9.59 Å². The van der Waals surface area contributed by atoms with Gasteiger partial charge in [0.2, 0.25) is 0 Å². The number of fused-ring (bicyclic) bond motifs is 1. The molecule has 0 aromatic heterocycles. The topological polar surface area (TPSA) is 55.4 Å². The van der Waals surface area contributed by atoms with Crippen molar-refractivity contribution in [1.82, 2.24) is 5.32 Å². The maximum Gasteiger partial charge on any atom is 0.260 e. The Morgan fingerprint density at radius 2 is 2.14 bits per heavy atom. The Morgan fingerprint density at radius 3 is 2.90 bits per heavy atom. The van der Waals surface area contributed by atoms with Crippen LogP contribution in [0.4, 0.5) is 0 Å². The van der Waals surface area contributed by atoms with E-state index in [1.807, 2.05) is 18.2 Å². The van der Waals surface area contributed by atoms with Crippen molar-refractivity contribution in [3.8, 4) is 5.75 Å². The number of Topliss-reactive ketones (excluding diaryl/α,β-unsaturated/α-hetero) is 1. The minimum Gasteiger partial charge on any atom is -0.481 e. The fraction of sp³-hybridized carbons (Fsp3) is 0.529. The smallest absolute Gasteiger partial charge is 0.260 e. The number of amides is 1. The summed E-state index contributed by atoms with van der Waals surface area (Å²) in [5.74, 6) is 0.717. The van der Waals surface area contributed by atoms with Crippen molar-refractivity contribution in [3.63, 3.8) is 0 Å². The number of rotatable bonds is 7. The minimum absolute atomic E-state index is 0.104. The first-order valence-corrected chi connectivity index (χ1v) is 7.73. The largest absolute Gasteiger partial charge is 0.481 e. The van der Waals surface area contributed by atoms with E-state index in [0.29, 0.717) is 25.1 Å². The second-order valence-electron chi connectivity index (χ2n) is 5.46. The van der Waals surface area contributed by atoms with Crippen molar-refractivity contribution < 1.29 is 14.3 Å². The van der Waals surface area contributed by atoms with E-state index < -0.39 is 6.10 Å². The summed E-state index contributed by atoms with van der Waals surface area (Å²) in [6.45, 7) is 4.56. The summed E-state index contributed by atoms with van der Waals surface area (Å²) < 4.78 is 5.76. The molecule has 21 heavy (non-hydrogen) atoms. The first-order chi connectivity index (χ1) is 10.1. The molecule has 114 valence electrons. The lowest BCUT2D eigenvalue weighted by molar-refractivity contribution is -0.127. The molecule has 1 aromatic rings. The highest BCUT2D eigenvalue weighted by Gasteiger charge is 2.24. The molecular weight excluding hydrogens is 266 g/mol. The van der Waals surface area contributed by atoms with E-state index in [-0.39, 0.29) is 11.7 Å². The van der Waals surface area contributed by atoms with Crippen molar-refractivity contribution in [1.29, 1.82) is 0 Å². The number of hydrogen-bond donors (Lipinski definition) is 1. The van der Waals surface area contributed by atoms with Crippen LogP contribution in [0, 0.1) is 0 Å². The Labute approximate surface area is 125 Å². The lowest BCUT2D eigenvalue weighted by atomic mass is 10.1. The molecule has 1 aliphatic rings. The van der Waals surface area contributed by atoms with E-state index in [1.54, 1.807) is 6.92 Å². The van der Waals surface area contributed by atoms with E-state index in [2.05, 4.69) is 12.2 Å². The van der Waals surface area contributed by atoms with Crippen LogP contribution in [0.5, 0.6) is 5.75 Å². The van der Waals surface area contributed by atoms with Crippen LogP contribution in [0.15, 0.2) is 18.2 Å². The van der Waals surface area contributed by atoms with E-state index in [1.165, 1.54) is 0 Å². The third-order valence-corrected chi connectivity index (χ3v) is 3.79. The molecule has 0 aliphatic heterocycles. The molecule has 2 rings (SSSR count). The molecule has 0 spiro atoms. The molecule has 0 saturated carbocycles. The zero-order valence-corrected chi connectivity index (χ0v) is 12.8. The van der Waals surface area contributed by atoms with Crippen LogP contribution >= 0.6 is 0 Å². The summed E-state index contributed by atoms with van der Waals surface area (Å²) in [6.07, 6.45) is 3.93. The Morgan fingerprint density at radius 1 is 1.33 bits per heavy atom. The maximum absolute atomic E-state index is 12.0. The Hall–Kier alpha value is -1.84. The van der Waals surface area contributed by atoms with E-state index >= 15 is 0 Å². The molecular formula is C17H23NO3. The quantitative estimate of drug-likeness (QED) is 0.785. The summed E-state index contributed by atoms with van der Waals surface area (Å²) in [5, 5.41) is 2.88. The van der Waals surface area contributed by atoms with E-state index in [4.69, 9.17) is 4.74 Å². The van der Waals surface area contributed by atoms with Gasteiger partial charge in [0.25, 0.3) is 5.91 Å². The average molecular weight is 289 g/mol. The van der Waals surface area contributed by atoms with E-state index in [0.717, 1.165) is 30.4 Å². The zero-order valence-electron chi connectivity index (χ0n) is 12.8. The van der Waals surface area contributed by atoms with Gasteiger partial charge < -0.3 is 10.1 Å². The molecule has 1 unspecified atom stereocenters. The Kier molecular flexibility index (Phi) is 5.37. The van der Waals surface area contributed by atoms with Crippen molar-refractivity contribution in [2.24, 2.45) is 0 Å². The second-order valence-corrected chi connectivity index (χ2v) is 5.46. The van der Waals surface area contributed by atoms with Gasteiger partial charge in [0.15, 0.2) is 11.9 Å². The van der Waals surface area contributed by atoms with Gasteiger partial charge in [-0.05, 0) is 25.8 Å². The molecule has 0 radical (unpaired) electrons. The third kappa shape index (κ3) is 3.84. The Bertz CT molecular complexity index is 525. The monoisotopic (exact) mass is 289 g/mol. The molecule has 1 aliphatic carbocycles. The molecule has 4 heteroatoms. The second kappa shape index (κ2) is 7.25. The molecule has 0 saturated heterocycles. The lowest BCUT2D eigenvalue weighted by Gasteiger charge is -2.16. The van der Waals surface area contributed by atoms with Crippen molar-refractivity contribution in [2.75, 3.05) is 6.54 Å². The van der Waals surface area contributed by atoms with Crippen molar-refractivity contribution >= 4 is 11.7 Å². The van der Waals surface area contributed by atoms with Crippen LogP contribution in [0.1, 0.15) is 55.5 Å². The first kappa shape index (κ1) is 15.5. The summed E-state index contributed by atoms with van der Waals surface area (Å²) in [4.78, 5) is 23.7. The summed E-state index contributed by atoms with van der Waals surface area (Å²) in [7, 11) is 0. The van der Waals surface area contributed by atoms with Crippen LogP contribution in [0.3, 0.4) is 0 Å². The number of ether oxygens (including phenoxy) is 1. The van der Waals surface area contributed by atoms with Gasteiger partial charge in [0, 0.05) is 24.1 Å². The maximum atomic E-state index is 12.0. The highest BCUT2D eigenvalue weighted by Crippen LogP contribution is 2.31. The first-order valence-electron chi connectivity index (χ1n) is 7.73. The molecule has 0 bridgehead atoms. The average Bonchev–Trinajstić information content (AvgIpc) is 2.86. The van der Waals surface area contributed by atoms with Crippen LogP contribution in [0.25, 0.3) is 0 Å². The summed E-state index contributed by atoms with van der Waals surface area (Å²) in [5.41, 5.74) is 1.68. The SMILES string of the molecule is CCCCCNC(=O)C(C)Oc1cccc2c1CCC2=O. The van der Waals surface area contributed by atoms with Crippen molar-refractivity contribution in [2.45, 2.75) is 52.1 Å². The normalized spacial score (nSPS) is 14.7. The summed E-state index contributed by atoms with van der Waals surface area (Å²) in [6, 6.07) is 5.47. The number of nitrogens with one attached hydrogen (secondary N) is 1. The lowest BCUT2D eigenvalue weighted by Crippen LogP contribution is -2.37. The van der Waals surface area contributed by atoms with Crippen molar-refractivity contribution in [3.05, 3.63) is 29.3 Å². The molecule has 0 fully saturated rings. The van der Waals surface area contributed by atoms with Gasteiger partial charge in [-0.25, -0.2) is 0 Å². The van der Waals surface area contributed by atoms with Gasteiger partial charge in [0.05, 0.1) is 0 Å². The van der Waals surface area contributed by atoms with E-state index in [9.17, 15) is 9.59 Å². The predicted molar refractivity (Wildman–Crippen MR) is 81.7 cm³/mol. The fourth-order valence-electron chi connectivity index (χ4n) is 2.54. The molecule has 1 atom stereocenters. The number of carbonyl (C=O) groups excluding carboxylic acids is 2. The number of unbranched alkanes of at least 4 members (excludes halogenated alkanes) is 2. The number of benzene rings is 1. The van der Waals surface area contributed by atoms with Crippen LogP contribution in [0.2, 0.25) is 0 Å². The summed E-state index contributed by atoms with van der Waals surface area (Å²) >= 11 is 0. The molecule has 4 nitrogen and oxygen atoms in total. The van der Waals surface area contributed by atoms with Crippen LogP contribution in [-0.2, 0) is 11.2 Å². The number of hydrogen-bond acceptors (Lipinski definition) is 3. The Balaban J connectivity index is 1.93. The zero-order chi connectivity index (χ0) is 15.2. The van der Waals surface area contributed by atoms with Gasteiger partial charge in [0.1, 0.15) is 5.75 Å². The standard InChI is InChI=1S/C17H23NO3/c1-3-4-5-11-18-17(20)12(2)21-16-8-6-7-13-14(16)9-10-15(13)19/h6-8,12H,3-5,9-11H2,1-2H3,(H,18,20). The predicted octanol–water partition coefficient (Wildman–Crippen LogP) is 2.89. The van der Waals surface area contributed by atoms with Gasteiger partial charge >= 0.3 is 0 Å². The molecule has 1 amide bonds. The number of carbonyl (C=O) groups is 2. The highest BCUT2D eigenvalue weighted by molar-refractivity contribution is 6.01. The van der Waals surface area contributed by atoms with Gasteiger partial charge in [-0.1, -0.05) is 31.9 Å². The minimum atomic E-state index is -0.547. The number of ketones is 1. The highest BCUT2D eigenvalue weighted by atomic mass is 16.5. The van der Waals surface area contributed by atoms with Gasteiger partial charge in [-0.15, -0.1) is 0 Å².